The van der Waals surface area contributed by atoms with Crippen LogP contribution in [0.1, 0.15) is 0 Å². The molecule has 118 valence electrons. The molecule has 0 fully saturated rings. The second-order valence-electron chi connectivity index (χ2n) is 4.94. The number of hydrogen-bond acceptors (Lipinski definition) is 6. The lowest BCUT2D eigenvalue weighted by Crippen LogP contribution is -2.36. The molecule has 23 heavy (non-hydrogen) atoms. The highest BCUT2D eigenvalue weighted by Crippen LogP contribution is 2.24. The van der Waals surface area contributed by atoms with Crippen molar-refractivity contribution in [1.29, 1.82) is 0 Å². The number of aromatic nitrogens is 1. The van der Waals surface area contributed by atoms with Gasteiger partial charge in [-0.3, -0.25) is 14.6 Å². The van der Waals surface area contributed by atoms with Crippen molar-refractivity contribution in [2.75, 3.05) is 30.8 Å². The number of rotatable bonds is 6. The molecule has 0 saturated heterocycles. The molecule has 0 aliphatic rings. The van der Waals surface area contributed by atoms with Gasteiger partial charge in [-0.2, -0.15) is 0 Å². The summed E-state index contributed by atoms with van der Waals surface area (Å²) in [7, 11) is 1.37. The van der Waals surface area contributed by atoms with Crippen LogP contribution in [0.25, 0.3) is 10.9 Å². The Morgan fingerprint density at radius 2 is 1.91 bits per heavy atom. The van der Waals surface area contributed by atoms with Gasteiger partial charge in [0.25, 0.3) is 10.9 Å². The summed E-state index contributed by atoms with van der Waals surface area (Å²) in [5.74, 6) is 0.0963. The van der Waals surface area contributed by atoms with Crippen molar-refractivity contribution < 1.29 is 4.74 Å². The Kier molecular flexibility index (Phi) is 4.16. The molecule has 2 aromatic carbocycles. The molecule has 0 saturated carbocycles. The van der Waals surface area contributed by atoms with Crippen molar-refractivity contribution in [3.8, 4) is 5.75 Å². The summed E-state index contributed by atoms with van der Waals surface area (Å²) >= 11 is 5.96. The average Bonchev–Trinajstić information content (AvgIpc) is 2.56. The van der Waals surface area contributed by atoms with E-state index < -0.39 is 10.9 Å². The predicted octanol–water partition coefficient (Wildman–Crippen LogP) is 2.02. The van der Waals surface area contributed by atoms with Crippen LogP contribution in [0, 0.1) is 0 Å². The SMILES string of the molecule is COc1c(NCCNc2ccnc3cc(Cl)ccc23)c(=O)c1=O. The van der Waals surface area contributed by atoms with E-state index in [2.05, 4.69) is 15.6 Å². The molecule has 2 N–H and O–H groups in total. The second kappa shape index (κ2) is 6.26. The summed E-state index contributed by atoms with van der Waals surface area (Å²) in [4.78, 5) is 26.9. The van der Waals surface area contributed by atoms with Crippen molar-refractivity contribution in [2.24, 2.45) is 0 Å². The number of halogens is 1. The number of fused-ring (bicyclic) bond motifs is 1. The van der Waals surface area contributed by atoms with E-state index in [1.165, 1.54) is 7.11 Å². The Labute approximate surface area is 136 Å². The van der Waals surface area contributed by atoms with Crippen LogP contribution in [0.15, 0.2) is 40.1 Å². The minimum absolute atomic E-state index is 0.0963. The van der Waals surface area contributed by atoms with Crippen molar-refractivity contribution >= 4 is 33.9 Å². The van der Waals surface area contributed by atoms with E-state index in [-0.39, 0.29) is 11.4 Å². The number of anilines is 2. The fourth-order valence-electron chi connectivity index (χ4n) is 2.39. The Morgan fingerprint density at radius 3 is 2.70 bits per heavy atom. The maximum atomic E-state index is 11.4. The summed E-state index contributed by atoms with van der Waals surface area (Å²) in [6.45, 7) is 1.03. The standard InChI is InChI=1S/C16H14ClN3O3/c1-23-16-13(14(21)15(16)22)20-7-6-19-11-4-5-18-12-8-9(17)2-3-10(11)12/h2-5,8,20H,6-7H2,1H3,(H,18,19). The molecule has 3 rings (SSSR count). The average molecular weight is 332 g/mol. The molecule has 0 bridgehead atoms. The zero-order valence-corrected chi connectivity index (χ0v) is 13.1. The van der Waals surface area contributed by atoms with Crippen LogP contribution < -0.4 is 26.2 Å². The zero-order valence-electron chi connectivity index (χ0n) is 12.4. The number of pyridine rings is 1. The lowest BCUT2D eigenvalue weighted by Gasteiger charge is -2.13. The van der Waals surface area contributed by atoms with E-state index in [0.717, 1.165) is 16.6 Å². The van der Waals surface area contributed by atoms with Crippen molar-refractivity contribution in [2.45, 2.75) is 0 Å². The predicted molar refractivity (Wildman–Crippen MR) is 91.6 cm³/mol. The Balaban J connectivity index is 1.64. The largest absolute Gasteiger partial charge is 0.491 e. The van der Waals surface area contributed by atoms with Crippen LogP contribution in [0.5, 0.6) is 5.75 Å². The third-order valence-electron chi connectivity index (χ3n) is 3.52. The number of nitrogens with zero attached hydrogens (tertiary/aromatic N) is 1. The van der Waals surface area contributed by atoms with Gasteiger partial charge in [0.2, 0.25) is 0 Å². The van der Waals surface area contributed by atoms with Crippen molar-refractivity contribution in [1.82, 2.24) is 4.98 Å². The molecule has 7 heteroatoms. The molecule has 1 aromatic heterocycles. The third-order valence-corrected chi connectivity index (χ3v) is 3.75. The highest BCUT2D eigenvalue weighted by atomic mass is 35.5. The number of nitrogens with one attached hydrogen (secondary N) is 2. The highest BCUT2D eigenvalue weighted by Gasteiger charge is 2.20. The first-order chi connectivity index (χ1) is 11.1. The molecule has 0 aliphatic heterocycles. The number of methoxy groups -OCH3 is 1. The quantitative estimate of drug-likeness (QED) is 0.531. The van der Waals surface area contributed by atoms with Crippen LogP contribution in [-0.4, -0.2) is 25.2 Å². The van der Waals surface area contributed by atoms with Crippen LogP contribution in [0.2, 0.25) is 5.02 Å². The summed E-state index contributed by atoms with van der Waals surface area (Å²) in [5, 5.41) is 7.77. The molecule has 0 atom stereocenters. The first kappa shape index (κ1) is 15.3. The van der Waals surface area contributed by atoms with Gasteiger partial charge >= 0.3 is 0 Å². The molecule has 0 aliphatic carbocycles. The van der Waals surface area contributed by atoms with Gasteiger partial charge in [-0.05, 0) is 24.3 Å². The topological polar surface area (TPSA) is 80.3 Å². The van der Waals surface area contributed by atoms with Gasteiger partial charge in [0.05, 0.1) is 12.6 Å². The van der Waals surface area contributed by atoms with E-state index in [1.807, 2.05) is 18.2 Å². The van der Waals surface area contributed by atoms with Gasteiger partial charge in [0.1, 0.15) is 5.69 Å². The van der Waals surface area contributed by atoms with E-state index in [0.29, 0.717) is 18.1 Å². The number of benzene rings is 1. The van der Waals surface area contributed by atoms with Crippen LogP contribution in [0.4, 0.5) is 11.4 Å². The fraction of sp³-hybridized carbons (Fsp3) is 0.188. The molecule has 0 amide bonds. The van der Waals surface area contributed by atoms with Crippen LogP contribution in [-0.2, 0) is 0 Å². The van der Waals surface area contributed by atoms with E-state index in [1.54, 1.807) is 12.3 Å². The van der Waals surface area contributed by atoms with E-state index in [9.17, 15) is 9.59 Å². The van der Waals surface area contributed by atoms with Gasteiger partial charge in [-0.25, -0.2) is 0 Å². The Morgan fingerprint density at radius 1 is 1.13 bits per heavy atom. The Hall–Kier alpha value is -2.60. The second-order valence-corrected chi connectivity index (χ2v) is 5.38. The van der Waals surface area contributed by atoms with Gasteiger partial charge in [0, 0.05) is 35.4 Å². The summed E-state index contributed by atoms with van der Waals surface area (Å²) in [6.07, 6.45) is 1.70. The molecular weight excluding hydrogens is 318 g/mol. The van der Waals surface area contributed by atoms with Crippen molar-refractivity contribution in [3.05, 3.63) is 55.9 Å². The molecule has 0 unspecified atom stereocenters. The molecular formula is C16H14ClN3O3. The smallest absolute Gasteiger partial charge is 0.271 e. The minimum Gasteiger partial charge on any atom is -0.491 e. The Bertz CT molecular complexity index is 932. The molecule has 1 heterocycles. The maximum absolute atomic E-state index is 11.4. The van der Waals surface area contributed by atoms with Gasteiger partial charge in [-0.15, -0.1) is 0 Å². The zero-order chi connectivity index (χ0) is 16.4. The molecule has 0 spiro atoms. The minimum atomic E-state index is -0.583. The maximum Gasteiger partial charge on any atom is 0.271 e. The van der Waals surface area contributed by atoms with E-state index in [4.69, 9.17) is 16.3 Å². The first-order valence-corrected chi connectivity index (χ1v) is 7.39. The summed E-state index contributed by atoms with van der Waals surface area (Å²) < 4.78 is 4.87. The van der Waals surface area contributed by atoms with Gasteiger partial charge in [-0.1, -0.05) is 11.6 Å². The molecule has 0 radical (unpaired) electrons. The lowest BCUT2D eigenvalue weighted by molar-refractivity contribution is 0.407. The van der Waals surface area contributed by atoms with E-state index >= 15 is 0 Å². The van der Waals surface area contributed by atoms with Gasteiger partial charge < -0.3 is 15.4 Å². The van der Waals surface area contributed by atoms with Gasteiger partial charge in [0.15, 0.2) is 5.75 Å². The van der Waals surface area contributed by atoms with Crippen molar-refractivity contribution in [3.63, 3.8) is 0 Å². The fourth-order valence-corrected chi connectivity index (χ4v) is 2.55. The molecule has 3 aromatic rings. The van der Waals surface area contributed by atoms with Crippen LogP contribution in [0.3, 0.4) is 0 Å². The summed E-state index contributed by atoms with van der Waals surface area (Å²) in [6, 6.07) is 7.38. The number of hydrogen-bond donors (Lipinski definition) is 2. The van der Waals surface area contributed by atoms with Crippen LogP contribution >= 0.6 is 11.6 Å². The molecule has 6 nitrogen and oxygen atoms in total. The summed E-state index contributed by atoms with van der Waals surface area (Å²) in [5.41, 5.74) is 0.849. The third kappa shape index (κ3) is 2.85. The normalized spacial score (nSPS) is 10.9. The lowest BCUT2D eigenvalue weighted by atomic mass is 10.2. The highest BCUT2D eigenvalue weighted by molar-refractivity contribution is 6.31. The number of ether oxygens (including phenoxy) is 1. The first-order valence-electron chi connectivity index (χ1n) is 7.01. The monoisotopic (exact) mass is 331 g/mol.